The van der Waals surface area contributed by atoms with Gasteiger partial charge in [-0.3, -0.25) is 9.78 Å². The smallest absolute Gasteiger partial charge is 0.232 e. The summed E-state index contributed by atoms with van der Waals surface area (Å²) in [5.74, 6) is -0.555. The molecule has 1 amide bonds. The number of carbonyl (C=O) groups excluding carboxylic acids is 1. The lowest BCUT2D eigenvalue weighted by Crippen LogP contribution is -2.19. The fraction of sp³-hybridized carbons (Fsp3) is 0.0741. The van der Waals surface area contributed by atoms with Gasteiger partial charge >= 0.3 is 0 Å². The highest BCUT2D eigenvalue weighted by atomic mass is 19.1. The number of H-pyrrole nitrogens is 1. The molecule has 0 bridgehead atoms. The topological polar surface area (TPSA) is 70.7 Å². The van der Waals surface area contributed by atoms with Gasteiger partial charge in [0.2, 0.25) is 5.91 Å². The van der Waals surface area contributed by atoms with Crippen molar-refractivity contribution in [2.24, 2.45) is 0 Å². The van der Waals surface area contributed by atoms with E-state index in [1.807, 2.05) is 42.5 Å². The molecule has 5 nitrogen and oxygen atoms in total. The number of halogens is 1. The zero-order valence-corrected chi connectivity index (χ0v) is 17.9. The number of hydrogen-bond donors (Lipinski definition) is 2. The molecule has 1 unspecified atom stereocenters. The van der Waals surface area contributed by atoms with Crippen molar-refractivity contribution in [2.45, 2.75) is 12.8 Å². The maximum absolute atomic E-state index is 13.2. The van der Waals surface area contributed by atoms with Crippen molar-refractivity contribution in [3.8, 4) is 22.4 Å². The number of aromatic amines is 1. The average Bonchev–Trinajstić information content (AvgIpc) is 3.24. The SMILES string of the molecule is CC(C(=O)Nc1cc(-c2[nH]c3cccnc3c2-c2ccccc2)ccn1)c1ccc(F)cc1. The van der Waals surface area contributed by atoms with Gasteiger partial charge in [0.05, 0.1) is 22.6 Å². The van der Waals surface area contributed by atoms with Gasteiger partial charge in [0.15, 0.2) is 0 Å². The summed E-state index contributed by atoms with van der Waals surface area (Å²) in [6, 6.07) is 23.6. The number of aromatic nitrogens is 3. The van der Waals surface area contributed by atoms with Crippen LogP contribution in [-0.2, 0) is 4.79 Å². The number of amides is 1. The van der Waals surface area contributed by atoms with Crippen LogP contribution in [0.5, 0.6) is 0 Å². The molecule has 0 fully saturated rings. The molecular weight excluding hydrogens is 415 g/mol. The molecule has 0 aliphatic rings. The minimum Gasteiger partial charge on any atom is -0.353 e. The molecule has 3 heterocycles. The van der Waals surface area contributed by atoms with E-state index in [9.17, 15) is 9.18 Å². The molecular formula is C27H21FN4O. The van der Waals surface area contributed by atoms with Crippen LogP contribution in [0.2, 0.25) is 0 Å². The maximum atomic E-state index is 13.2. The molecule has 2 N–H and O–H groups in total. The molecule has 162 valence electrons. The lowest BCUT2D eigenvalue weighted by Gasteiger charge is -2.13. The largest absolute Gasteiger partial charge is 0.353 e. The van der Waals surface area contributed by atoms with Crippen LogP contribution in [0.1, 0.15) is 18.4 Å². The average molecular weight is 436 g/mol. The van der Waals surface area contributed by atoms with Crippen LogP contribution >= 0.6 is 0 Å². The molecule has 0 aliphatic carbocycles. The van der Waals surface area contributed by atoms with Crippen LogP contribution < -0.4 is 5.32 Å². The molecule has 3 aromatic heterocycles. The van der Waals surface area contributed by atoms with Crippen LogP contribution in [-0.4, -0.2) is 20.9 Å². The van der Waals surface area contributed by atoms with Gasteiger partial charge in [0, 0.05) is 23.5 Å². The van der Waals surface area contributed by atoms with E-state index in [2.05, 4.69) is 32.4 Å². The Hall–Kier alpha value is -4.32. The summed E-state index contributed by atoms with van der Waals surface area (Å²) in [6.07, 6.45) is 3.45. The summed E-state index contributed by atoms with van der Waals surface area (Å²) in [7, 11) is 0. The highest BCUT2D eigenvalue weighted by Gasteiger charge is 2.19. The van der Waals surface area contributed by atoms with E-state index in [0.717, 1.165) is 39.0 Å². The Morgan fingerprint density at radius 1 is 0.909 bits per heavy atom. The fourth-order valence-electron chi connectivity index (χ4n) is 3.92. The molecule has 0 spiro atoms. The van der Waals surface area contributed by atoms with E-state index in [-0.39, 0.29) is 11.7 Å². The first-order valence-electron chi connectivity index (χ1n) is 10.6. The van der Waals surface area contributed by atoms with Crippen LogP contribution in [0.3, 0.4) is 0 Å². The van der Waals surface area contributed by atoms with Gasteiger partial charge in [-0.05, 0) is 54.4 Å². The predicted molar refractivity (Wildman–Crippen MR) is 128 cm³/mol. The van der Waals surface area contributed by atoms with Gasteiger partial charge in [-0.2, -0.15) is 0 Å². The van der Waals surface area contributed by atoms with Crippen LogP contribution in [0, 0.1) is 5.82 Å². The third-order valence-electron chi connectivity index (χ3n) is 5.68. The molecule has 33 heavy (non-hydrogen) atoms. The number of carbonyl (C=O) groups is 1. The van der Waals surface area contributed by atoms with E-state index < -0.39 is 5.92 Å². The first-order valence-corrected chi connectivity index (χ1v) is 10.6. The first kappa shape index (κ1) is 20.6. The summed E-state index contributed by atoms with van der Waals surface area (Å²) in [6.45, 7) is 1.78. The highest BCUT2D eigenvalue weighted by Crippen LogP contribution is 2.37. The Kier molecular flexibility index (Phi) is 5.40. The zero-order valence-electron chi connectivity index (χ0n) is 17.9. The first-order chi connectivity index (χ1) is 16.1. The van der Waals surface area contributed by atoms with Gasteiger partial charge in [-0.25, -0.2) is 9.37 Å². The zero-order chi connectivity index (χ0) is 22.8. The van der Waals surface area contributed by atoms with Gasteiger partial charge in [0.25, 0.3) is 0 Å². The van der Waals surface area contributed by atoms with E-state index in [4.69, 9.17) is 0 Å². The molecule has 0 radical (unpaired) electrons. The number of rotatable bonds is 5. The van der Waals surface area contributed by atoms with Gasteiger partial charge < -0.3 is 10.3 Å². The molecule has 1 atom stereocenters. The highest BCUT2D eigenvalue weighted by molar-refractivity contribution is 6.02. The lowest BCUT2D eigenvalue weighted by molar-refractivity contribution is -0.117. The van der Waals surface area contributed by atoms with Gasteiger partial charge in [0.1, 0.15) is 11.6 Å². The van der Waals surface area contributed by atoms with Crippen LogP contribution in [0.25, 0.3) is 33.4 Å². The lowest BCUT2D eigenvalue weighted by atomic mass is 10.00. The third-order valence-corrected chi connectivity index (χ3v) is 5.68. The summed E-state index contributed by atoms with van der Waals surface area (Å²) < 4.78 is 13.2. The second kappa shape index (κ2) is 8.67. The summed E-state index contributed by atoms with van der Waals surface area (Å²) in [5.41, 5.74) is 6.37. The van der Waals surface area contributed by atoms with Crippen molar-refractivity contribution >= 4 is 22.8 Å². The number of pyridine rings is 2. The van der Waals surface area contributed by atoms with E-state index in [0.29, 0.717) is 5.82 Å². The minimum absolute atomic E-state index is 0.215. The summed E-state index contributed by atoms with van der Waals surface area (Å²) in [4.78, 5) is 25.2. The van der Waals surface area contributed by atoms with Crippen LogP contribution in [0.4, 0.5) is 10.2 Å². The summed E-state index contributed by atoms with van der Waals surface area (Å²) in [5, 5.41) is 2.88. The van der Waals surface area contributed by atoms with Crippen molar-refractivity contribution in [3.63, 3.8) is 0 Å². The molecule has 0 saturated carbocycles. The normalized spacial score (nSPS) is 11.9. The number of hydrogen-bond acceptors (Lipinski definition) is 3. The van der Waals surface area contributed by atoms with Gasteiger partial charge in [-0.1, -0.05) is 42.5 Å². The van der Waals surface area contributed by atoms with Crippen molar-refractivity contribution < 1.29 is 9.18 Å². The quantitative estimate of drug-likeness (QED) is 0.346. The Morgan fingerprint density at radius 3 is 2.48 bits per heavy atom. The Bertz CT molecular complexity index is 1430. The summed E-state index contributed by atoms with van der Waals surface area (Å²) >= 11 is 0. The van der Waals surface area contributed by atoms with Crippen molar-refractivity contribution in [2.75, 3.05) is 5.32 Å². The molecule has 2 aromatic carbocycles. The maximum Gasteiger partial charge on any atom is 0.232 e. The van der Waals surface area contributed by atoms with Crippen molar-refractivity contribution in [3.05, 3.63) is 103 Å². The van der Waals surface area contributed by atoms with Crippen LogP contribution in [0.15, 0.2) is 91.3 Å². The number of anilines is 1. The third kappa shape index (κ3) is 4.11. The number of nitrogens with zero attached hydrogens (tertiary/aromatic N) is 2. The number of benzene rings is 2. The molecule has 0 aliphatic heterocycles. The Labute approximate surface area is 190 Å². The minimum atomic E-state index is -0.451. The monoisotopic (exact) mass is 436 g/mol. The van der Waals surface area contributed by atoms with E-state index in [1.165, 1.54) is 12.1 Å². The van der Waals surface area contributed by atoms with E-state index in [1.54, 1.807) is 31.5 Å². The number of nitrogens with one attached hydrogen (secondary N) is 2. The molecule has 6 heteroatoms. The molecule has 5 rings (SSSR count). The molecule has 5 aromatic rings. The van der Waals surface area contributed by atoms with E-state index >= 15 is 0 Å². The standard InChI is InChI=1S/C27H21FN4O/c1-17(18-9-11-21(28)12-10-18)27(33)32-23-16-20(13-15-29-23)25-24(19-6-3-2-4-7-19)26-22(31-25)8-5-14-30-26/h2-17,31H,1H3,(H,29,32,33). The Morgan fingerprint density at radius 2 is 1.70 bits per heavy atom. The fourth-order valence-corrected chi connectivity index (χ4v) is 3.92. The second-order valence-electron chi connectivity index (χ2n) is 7.83. The predicted octanol–water partition coefficient (Wildman–Crippen LogP) is 6.17. The van der Waals surface area contributed by atoms with Gasteiger partial charge in [-0.15, -0.1) is 0 Å². The van der Waals surface area contributed by atoms with Crippen molar-refractivity contribution in [1.82, 2.24) is 15.0 Å². The Balaban J connectivity index is 1.50. The number of fused-ring (bicyclic) bond motifs is 1. The molecule has 0 saturated heterocycles. The van der Waals surface area contributed by atoms with Crippen molar-refractivity contribution in [1.29, 1.82) is 0 Å². The second-order valence-corrected chi connectivity index (χ2v) is 7.83.